The molecule has 0 N–H and O–H groups in total. The summed E-state index contributed by atoms with van der Waals surface area (Å²) in [7, 11) is 2.92. The van der Waals surface area contributed by atoms with Crippen LogP contribution in [0.4, 0.5) is 0 Å². The Hall–Kier alpha value is -0.0301. The Balaban J connectivity index is 2.56. The van der Waals surface area contributed by atoms with Crippen LogP contribution in [0.25, 0.3) is 0 Å². The first-order valence-corrected chi connectivity index (χ1v) is 7.45. The van der Waals surface area contributed by atoms with Gasteiger partial charge in [-0.2, -0.15) is 0 Å². The van der Waals surface area contributed by atoms with Gasteiger partial charge in [0.1, 0.15) is 0 Å². The maximum atomic E-state index is 5.92. The molecule has 0 aliphatic carbocycles. The molecule has 1 atom stereocenters. The minimum Gasteiger partial charge on any atom is -0.435 e. The molecule has 0 aromatic carbocycles. The van der Waals surface area contributed by atoms with Crippen LogP contribution >= 0.6 is 0 Å². The van der Waals surface area contributed by atoms with Crippen molar-refractivity contribution in [1.82, 2.24) is 0 Å². The smallest absolute Gasteiger partial charge is 0.435 e. The number of hydrogen-bond donors (Lipinski definition) is 0. The average molecular weight is 283 g/mol. The third kappa shape index (κ3) is 4.00. The van der Waals surface area contributed by atoms with Gasteiger partial charge in [0.05, 0.1) is 22.9 Å². The molecule has 1 saturated heterocycles. The van der Waals surface area contributed by atoms with Gasteiger partial charge < -0.3 is 18.7 Å². The van der Waals surface area contributed by atoms with E-state index >= 15 is 0 Å². The van der Waals surface area contributed by atoms with Crippen LogP contribution in [0.15, 0.2) is 0 Å². The van der Waals surface area contributed by atoms with Gasteiger partial charge in [-0.1, -0.05) is 13.3 Å². The second-order valence-electron chi connectivity index (χ2n) is 6.98. The van der Waals surface area contributed by atoms with Crippen molar-refractivity contribution in [3.63, 3.8) is 0 Å². The lowest BCUT2D eigenvalue weighted by Gasteiger charge is -2.40. The monoisotopic (exact) mass is 283 g/mol. The highest BCUT2D eigenvalue weighted by Crippen LogP contribution is 2.32. The van der Waals surface area contributed by atoms with Crippen LogP contribution in [0.3, 0.4) is 0 Å². The summed E-state index contributed by atoms with van der Waals surface area (Å²) in [5.41, 5.74) is -1.15. The summed E-state index contributed by atoms with van der Waals surface area (Å²) >= 11 is 0. The molecule has 1 radical (unpaired) electrons. The minimum atomic E-state index is -0.471. The number of methoxy groups -OCH3 is 1. The Kier molecular flexibility index (Phi) is 5.75. The van der Waals surface area contributed by atoms with Gasteiger partial charge in [-0.3, -0.25) is 0 Å². The standard InChI is InChI=1S/C14H29B2O4/c1-9-10-11-12(2,3)20-16(18-11)15-19-14(6,7)13(4,5)17-8/h11H,9-10H2,1-8H3/t11-/m1/s1. The van der Waals surface area contributed by atoms with Crippen LogP contribution in [-0.4, -0.2) is 44.4 Å². The largest absolute Gasteiger partial charge is 0.439 e. The van der Waals surface area contributed by atoms with E-state index in [1.807, 2.05) is 27.7 Å². The van der Waals surface area contributed by atoms with Crippen LogP contribution in [0.5, 0.6) is 0 Å². The zero-order valence-electron chi connectivity index (χ0n) is 14.3. The summed E-state index contributed by atoms with van der Waals surface area (Å²) in [6.45, 7) is 14.3. The lowest BCUT2D eigenvalue weighted by Crippen LogP contribution is -2.51. The SMILES string of the molecule is CCC[C@H]1OB([B]OC(C)(C)C(C)(C)OC)OC1(C)C. The maximum Gasteiger partial charge on any atom is 0.439 e. The van der Waals surface area contributed by atoms with E-state index in [1.54, 1.807) is 14.5 Å². The third-order valence-electron chi connectivity index (χ3n) is 4.48. The molecule has 1 heterocycles. The number of ether oxygens (including phenoxy) is 1. The van der Waals surface area contributed by atoms with Crippen molar-refractivity contribution in [3.8, 4) is 0 Å². The molecule has 0 spiro atoms. The van der Waals surface area contributed by atoms with Crippen LogP contribution in [0.2, 0.25) is 0 Å². The lowest BCUT2D eigenvalue weighted by molar-refractivity contribution is -0.114. The fraction of sp³-hybridized carbons (Fsp3) is 1.00. The molecule has 6 heteroatoms. The van der Waals surface area contributed by atoms with Crippen LogP contribution < -0.4 is 0 Å². The van der Waals surface area contributed by atoms with Crippen molar-refractivity contribution in [2.75, 3.05) is 7.11 Å². The Bertz CT molecular complexity index is 318. The maximum absolute atomic E-state index is 5.92. The first-order valence-electron chi connectivity index (χ1n) is 7.45. The summed E-state index contributed by atoms with van der Waals surface area (Å²) in [5, 5.41) is 0. The molecule has 0 saturated carbocycles. The Morgan fingerprint density at radius 2 is 1.80 bits per heavy atom. The van der Waals surface area contributed by atoms with E-state index in [9.17, 15) is 0 Å². The first kappa shape index (κ1) is 18.0. The van der Waals surface area contributed by atoms with Crippen molar-refractivity contribution in [1.29, 1.82) is 0 Å². The van der Waals surface area contributed by atoms with E-state index in [0.29, 0.717) is 0 Å². The lowest BCUT2D eigenvalue weighted by atomic mass is 9.55. The summed E-state index contributed by atoms with van der Waals surface area (Å²) < 4.78 is 23.2. The van der Waals surface area contributed by atoms with Crippen LogP contribution in [-0.2, 0) is 18.7 Å². The van der Waals surface area contributed by atoms with Gasteiger partial charge in [-0.25, -0.2) is 0 Å². The Morgan fingerprint density at radius 1 is 1.20 bits per heavy atom. The molecule has 1 rings (SSSR count). The zero-order chi connectivity index (χ0) is 15.6. The predicted octanol–water partition coefficient (Wildman–Crippen LogP) is 2.80. The molecular formula is C14H29B2O4. The topological polar surface area (TPSA) is 36.9 Å². The molecule has 1 aliphatic heterocycles. The zero-order valence-corrected chi connectivity index (χ0v) is 14.3. The van der Waals surface area contributed by atoms with Crippen LogP contribution in [0.1, 0.15) is 61.3 Å². The van der Waals surface area contributed by atoms with Crippen molar-refractivity contribution in [2.24, 2.45) is 0 Å². The van der Waals surface area contributed by atoms with Crippen molar-refractivity contribution < 1.29 is 18.7 Å². The van der Waals surface area contributed by atoms with Gasteiger partial charge in [0.2, 0.25) is 0 Å². The molecule has 0 unspecified atom stereocenters. The van der Waals surface area contributed by atoms with Gasteiger partial charge in [0, 0.05) is 7.11 Å². The van der Waals surface area contributed by atoms with E-state index in [1.165, 1.54) is 0 Å². The van der Waals surface area contributed by atoms with Gasteiger partial charge in [0.25, 0.3) is 0 Å². The van der Waals surface area contributed by atoms with E-state index in [0.717, 1.165) is 12.8 Å². The molecule has 0 bridgehead atoms. The second-order valence-corrected chi connectivity index (χ2v) is 6.98. The highest BCUT2D eigenvalue weighted by atomic mass is 16.7. The molecule has 1 aliphatic rings. The molecule has 0 aromatic heterocycles. The quantitative estimate of drug-likeness (QED) is 0.673. The Labute approximate surface area is 125 Å². The van der Waals surface area contributed by atoms with Gasteiger partial charge >= 0.3 is 14.4 Å². The van der Waals surface area contributed by atoms with Crippen molar-refractivity contribution in [3.05, 3.63) is 0 Å². The second kappa shape index (κ2) is 6.39. The van der Waals surface area contributed by atoms with Crippen molar-refractivity contribution >= 4 is 14.4 Å². The van der Waals surface area contributed by atoms with E-state index in [2.05, 4.69) is 20.8 Å². The highest BCUT2D eigenvalue weighted by molar-refractivity contribution is 7.03. The van der Waals surface area contributed by atoms with Crippen LogP contribution in [0, 0.1) is 0 Å². The molecule has 4 nitrogen and oxygen atoms in total. The normalized spacial score (nSPS) is 23.2. The van der Waals surface area contributed by atoms with E-state index < -0.39 is 18.2 Å². The number of hydrogen-bond acceptors (Lipinski definition) is 4. The van der Waals surface area contributed by atoms with E-state index in [-0.39, 0.29) is 11.7 Å². The molecule has 1 fully saturated rings. The predicted molar refractivity (Wildman–Crippen MR) is 82.7 cm³/mol. The van der Waals surface area contributed by atoms with Gasteiger partial charge in [0.15, 0.2) is 0 Å². The van der Waals surface area contributed by atoms with Gasteiger partial charge in [-0.15, -0.1) is 0 Å². The molecule has 115 valence electrons. The average Bonchev–Trinajstić information content (AvgIpc) is 2.62. The molecule has 0 amide bonds. The Morgan fingerprint density at radius 3 is 2.30 bits per heavy atom. The highest BCUT2D eigenvalue weighted by Gasteiger charge is 2.47. The summed E-state index contributed by atoms with van der Waals surface area (Å²) in [4.78, 5) is 0. The third-order valence-corrected chi connectivity index (χ3v) is 4.48. The van der Waals surface area contributed by atoms with Gasteiger partial charge in [-0.05, 0) is 48.0 Å². The van der Waals surface area contributed by atoms with Crippen molar-refractivity contribution in [2.45, 2.75) is 84.2 Å². The first-order chi connectivity index (χ1) is 9.05. The summed E-state index contributed by atoms with van der Waals surface area (Å²) in [5.74, 6) is 0. The number of rotatable bonds is 7. The fourth-order valence-electron chi connectivity index (χ4n) is 2.08. The fourth-order valence-corrected chi connectivity index (χ4v) is 2.08. The van der Waals surface area contributed by atoms with E-state index in [4.69, 9.17) is 18.7 Å². The molecule has 20 heavy (non-hydrogen) atoms. The molecular weight excluding hydrogens is 254 g/mol. The summed E-state index contributed by atoms with van der Waals surface area (Å²) in [6, 6.07) is 0. The summed E-state index contributed by atoms with van der Waals surface area (Å²) in [6.07, 6.45) is 2.17. The minimum absolute atomic E-state index is 0.107. The molecule has 0 aromatic rings.